The molecule has 196 valence electrons. The van der Waals surface area contributed by atoms with Gasteiger partial charge < -0.3 is 35.9 Å². The summed E-state index contributed by atoms with van der Waals surface area (Å²) in [6.45, 7) is 0. The van der Waals surface area contributed by atoms with Crippen LogP contribution in [0.5, 0.6) is 0 Å². The van der Waals surface area contributed by atoms with Gasteiger partial charge in [0.15, 0.2) is 0 Å². The van der Waals surface area contributed by atoms with Gasteiger partial charge in [0, 0.05) is 25.4 Å². The Morgan fingerprint density at radius 3 is 1.30 bits per heavy atom. The molecule has 0 amide bonds. The molecule has 0 spiro atoms. The van der Waals surface area contributed by atoms with Crippen molar-refractivity contribution in [3.05, 3.63) is 127 Å². The summed E-state index contributed by atoms with van der Waals surface area (Å²) in [6.07, 6.45) is 0. The average molecular weight is 713 g/mol. The maximum Gasteiger partial charge on any atom is 0.125 e. The summed E-state index contributed by atoms with van der Waals surface area (Å²) < 4.78 is 59.0. The second-order valence-corrected chi connectivity index (χ2v) is 10.4. The standard InChI is InChI=1S/C26H16Br2F4N2S2.Ni/c27-13-1-5-19(31)17(9-13)25(33-21-7-3-15(29)11-23(21)35)26(18-10-14(28)2-6-20(18)32)34-22-8-4-16(30)12-24(22)36;/h1-12,25-26,35-36H;/q-2;/p-2. The molecule has 0 aliphatic carbocycles. The van der Waals surface area contributed by atoms with E-state index >= 15 is 8.78 Å². The Bertz CT molecular complexity index is 1320. The summed E-state index contributed by atoms with van der Waals surface area (Å²) in [7, 11) is 0. The van der Waals surface area contributed by atoms with Crippen LogP contribution in [0.1, 0.15) is 23.2 Å². The third kappa shape index (κ3) is 7.15. The fraction of sp³-hybridized carbons (Fsp3) is 0.0769. The van der Waals surface area contributed by atoms with Gasteiger partial charge in [0.2, 0.25) is 0 Å². The SMILES string of the molecule is Fc1ccc([N-]C(c2cc(Br)ccc2F)C([N-]c2ccc(F)cc2[S-])c2cc(Br)ccc2F)c([S-])c1.[Ni]. The first kappa shape index (κ1) is 29.6. The average Bonchev–Trinajstić information content (AvgIpc) is 2.82. The van der Waals surface area contributed by atoms with Crippen LogP contribution < -0.4 is 0 Å². The number of nitrogens with zero attached hydrogens (tertiary/aromatic N) is 2. The van der Waals surface area contributed by atoms with E-state index in [0.717, 1.165) is 12.1 Å². The number of rotatable bonds is 7. The second-order valence-electron chi connectivity index (χ2n) is 7.70. The molecule has 0 aromatic heterocycles. The Morgan fingerprint density at radius 1 is 0.568 bits per heavy atom. The molecule has 4 rings (SSSR count). The predicted molar refractivity (Wildman–Crippen MR) is 144 cm³/mol. The van der Waals surface area contributed by atoms with E-state index < -0.39 is 35.4 Å². The maximum absolute atomic E-state index is 15.2. The second kappa shape index (κ2) is 12.8. The summed E-state index contributed by atoms with van der Waals surface area (Å²) >= 11 is 17.2. The molecule has 0 radical (unpaired) electrons. The van der Waals surface area contributed by atoms with Gasteiger partial charge in [0.25, 0.3) is 0 Å². The van der Waals surface area contributed by atoms with Crippen molar-refractivity contribution in [3.63, 3.8) is 0 Å². The van der Waals surface area contributed by atoms with Gasteiger partial charge in [-0.3, -0.25) is 0 Å². The number of hydrogen-bond donors (Lipinski definition) is 0. The monoisotopic (exact) mass is 710 g/mol. The zero-order valence-corrected chi connectivity index (χ0v) is 24.2. The van der Waals surface area contributed by atoms with Crippen LogP contribution in [0.3, 0.4) is 0 Å². The zero-order chi connectivity index (χ0) is 26.0. The minimum absolute atomic E-state index is 0. The Kier molecular flexibility index (Phi) is 10.2. The van der Waals surface area contributed by atoms with E-state index in [1.165, 1.54) is 60.7 Å². The largest absolute Gasteiger partial charge is 0.781 e. The molecule has 11 heteroatoms. The molecule has 37 heavy (non-hydrogen) atoms. The van der Waals surface area contributed by atoms with Gasteiger partial charge in [-0.2, -0.15) is 21.2 Å². The molecule has 0 saturated heterocycles. The fourth-order valence-electron chi connectivity index (χ4n) is 3.59. The number of hydrogen-bond acceptors (Lipinski definition) is 2. The Labute approximate surface area is 249 Å². The van der Waals surface area contributed by atoms with E-state index in [4.69, 9.17) is 25.3 Å². The molecule has 2 atom stereocenters. The van der Waals surface area contributed by atoms with Crippen molar-refractivity contribution in [1.82, 2.24) is 0 Å². The molecule has 4 aromatic rings. The minimum Gasteiger partial charge on any atom is -0.781 e. The first-order valence-corrected chi connectivity index (χ1v) is 12.8. The van der Waals surface area contributed by atoms with Gasteiger partial charge in [-0.25, -0.2) is 17.6 Å². The van der Waals surface area contributed by atoms with Crippen molar-refractivity contribution < 1.29 is 34.1 Å². The molecular formula is C26H14Br2F4N2NiS2-4. The topological polar surface area (TPSA) is 28.2 Å². The van der Waals surface area contributed by atoms with E-state index in [9.17, 15) is 8.78 Å². The van der Waals surface area contributed by atoms with Gasteiger partial charge in [-0.05, 0) is 71.8 Å². The van der Waals surface area contributed by atoms with Crippen LogP contribution in [-0.4, -0.2) is 0 Å². The zero-order valence-electron chi connectivity index (χ0n) is 18.4. The Balaban J connectivity index is 0.00000380. The summed E-state index contributed by atoms with van der Waals surface area (Å²) in [4.78, 5) is 0.184. The van der Waals surface area contributed by atoms with E-state index in [1.807, 2.05) is 0 Å². The molecule has 0 N–H and O–H groups in total. The molecule has 0 saturated carbocycles. The molecule has 0 aliphatic rings. The van der Waals surface area contributed by atoms with Crippen molar-refractivity contribution in [1.29, 1.82) is 0 Å². The predicted octanol–water partition coefficient (Wildman–Crippen LogP) is 9.77. The van der Waals surface area contributed by atoms with Crippen LogP contribution >= 0.6 is 31.9 Å². The smallest absolute Gasteiger partial charge is 0.125 e. The van der Waals surface area contributed by atoms with Crippen molar-refractivity contribution in [3.8, 4) is 0 Å². The molecule has 2 nitrogen and oxygen atoms in total. The van der Waals surface area contributed by atoms with E-state index in [0.29, 0.717) is 8.95 Å². The maximum atomic E-state index is 15.2. The van der Waals surface area contributed by atoms with Crippen LogP contribution in [0.25, 0.3) is 10.6 Å². The van der Waals surface area contributed by atoms with Crippen LogP contribution in [0.4, 0.5) is 28.9 Å². The van der Waals surface area contributed by atoms with Crippen LogP contribution in [0, 0.1) is 23.3 Å². The van der Waals surface area contributed by atoms with Crippen molar-refractivity contribution >= 4 is 68.5 Å². The molecule has 0 bridgehead atoms. The number of benzene rings is 4. The minimum atomic E-state index is -1.15. The van der Waals surface area contributed by atoms with Crippen LogP contribution in [0.15, 0.2) is 91.5 Å². The van der Waals surface area contributed by atoms with Crippen LogP contribution in [0.2, 0.25) is 0 Å². The first-order chi connectivity index (χ1) is 17.1. The van der Waals surface area contributed by atoms with Crippen molar-refractivity contribution in [2.75, 3.05) is 0 Å². The molecule has 4 aromatic carbocycles. The van der Waals surface area contributed by atoms with Gasteiger partial charge in [0.1, 0.15) is 23.3 Å². The van der Waals surface area contributed by atoms with Gasteiger partial charge >= 0.3 is 0 Å². The Morgan fingerprint density at radius 2 is 0.946 bits per heavy atom. The normalized spacial score (nSPS) is 12.4. The summed E-state index contributed by atoms with van der Waals surface area (Å²) in [5.74, 6) is -2.34. The van der Waals surface area contributed by atoms with E-state index in [1.54, 1.807) is 0 Å². The van der Waals surface area contributed by atoms with E-state index in [-0.39, 0.29) is 48.8 Å². The number of halogens is 6. The Hall–Kier alpha value is -1.91. The van der Waals surface area contributed by atoms with Gasteiger partial charge in [-0.1, -0.05) is 56.1 Å². The summed E-state index contributed by atoms with van der Waals surface area (Å²) in [5, 5.41) is 9.29. The molecule has 0 aliphatic heterocycles. The summed E-state index contributed by atoms with van der Waals surface area (Å²) in [5.41, 5.74) is 0.571. The van der Waals surface area contributed by atoms with Gasteiger partial charge in [-0.15, -0.1) is 0 Å². The third-order valence-electron chi connectivity index (χ3n) is 5.25. The van der Waals surface area contributed by atoms with Gasteiger partial charge in [0.05, 0.1) is 0 Å². The molecule has 0 fully saturated rings. The molecule has 2 unspecified atom stereocenters. The van der Waals surface area contributed by atoms with Crippen LogP contribution in [-0.2, 0) is 41.7 Å². The summed E-state index contributed by atoms with van der Waals surface area (Å²) in [6, 6.07) is 13.5. The van der Waals surface area contributed by atoms with Crippen molar-refractivity contribution in [2.24, 2.45) is 0 Å². The quantitative estimate of drug-likeness (QED) is 0.108. The molecule has 0 heterocycles. The fourth-order valence-corrected chi connectivity index (χ4v) is 4.82. The molecular weight excluding hydrogens is 699 g/mol. The van der Waals surface area contributed by atoms with E-state index in [2.05, 4.69) is 42.5 Å². The van der Waals surface area contributed by atoms with Crippen molar-refractivity contribution in [2.45, 2.75) is 21.9 Å². The first-order valence-electron chi connectivity index (χ1n) is 10.4. The third-order valence-corrected chi connectivity index (χ3v) is 6.89.